The fourth-order valence-corrected chi connectivity index (χ4v) is 2.13. The van der Waals surface area contributed by atoms with Crippen molar-refractivity contribution in [3.63, 3.8) is 0 Å². The van der Waals surface area contributed by atoms with Crippen LogP contribution in [0.5, 0.6) is 0 Å². The first-order valence-corrected chi connectivity index (χ1v) is 6.24. The van der Waals surface area contributed by atoms with Gasteiger partial charge >= 0.3 is 0 Å². The van der Waals surface area contributed by atoms with Gasteiger partial charge in [-0.05, 0) is 31.2 Å². The van der Waals surface area contributed by atoms with E-state index in [-0.39, 0.29) is 5.69 Å². The van der Waals surface area contributed by atoms with E-state index < -0.39 is 4.92 Å². The van der Waals surface area contributed by atoms with E-state index in [0.29, 0.717) is 27.6 Å². The standard InChI is InChI=1S/C14H9ClN2O3/c1-8-6-11(17(18)19)7-12-13(8)20-14(16-12)9-2-4-10(15)5-3-9/h2-7H,1H3. The quantitative estimate of drug-likeness (QED) is 0.519. The van der Waals surface area contributed by atoms with Crippen molar-refractivity contribution in [3.05, 3.63) is 57.1 Å². The lowest BCUT2D eigenvalue weighted by molar-refractivity contribution is -0.384. The molecule has 0 bridgehead atoms. The van der Waals surface area contributed by atoms with Crippen LogP contribution in [0.4, 0.5) is 5.69 Å². The fourth-order valence-electron chi connectivity index (χ4n) is 2.00. The molecule has 0 saturated carbocycles. The molecule has 0 radical (unpaired) electrons. The molecular formula is C14H9ClN2O3. The van der Waals surface area contributed by atoms with Crippen molar-refractivity contribution >= 4 is 28.4 Å². The Morgan fingerprint density at radius 1 is 1.25 bits per heavy atom. The minimum absolute atomic E-state index is 0.00551. The van der Waals surface area contributed by atoms with Gasteiger partial charge in [-0.1, -0.05) is 11.6 Å². The van der Waals surface area contributed by atoms with Gasteiger partial charge in [0.1, 0.15) is 5.52 Å². The van der Waals surface area contributed by atoms with E-state index in [1.165, 1.54) is 12.1 Å². The normalized spacial score (nSPS) is 10.9. The molecule has 5 nitrogen and oxygen atoms in total. The predicted octanol–water partition coefficient (Wildman–Crippen LogP) is 4.36. The SMILES string of the molecule is Cc1cc([N+](=O)[O-])cc2nc(-c3ccc(Cl)cc3)oc12. The molecule has 6 heteroatoms. The Hall–Kier alpha value is -2.40. The first-order chi connectivity index (χ1) is 9.54. The smallest absolute Gasteiger partial charge is 0.272 e. The first kappa shape index (κ1) is 12.6. The number of nitrogens with zero attached hydrogens (tertiary/aromatic N) is 2. The highest BCUT2D eigenvalue weighted by Crippen LogP contribution is 2.30. The maximum atomic E-state index is 10.8. The van der Waals surface area contributed by atoms with Crippen LogP contribution in [0.2, 0.25) is 5.02 Å². The van der Waals surface area contributed by atoms with Gasteiger partial charge in [0.2, 0.25) is 5.89 Å². The third-order valence-corrected chi connectivity index (χ3v) is 3.21. The van der Waals surface area contributed by atoms with Crippen LogP contribution in [0.1, 0.15) is 5.56 Å². The van der Waals surface area contributed by atoms with Gasteiger partial charge in [-0.2, -0.15) is 0 Å². The Kier molecular flexibility index (Phi) is 2.91. The van der Waals surface area contributed by atoms with E-state index >= 15 is 0 Å². The van der Waals surface area contributed by atoms with Gasteiger partial charge in [-0.25, -0.2) is 4.98 Å². The second-order valence-electron chi connectivity index (χ2n) is 4.39. The fraction of sp³-hybridized carbons (Fsp3) is 0.0714. The molecule has 0 aliphatic carbocycles. The van der Waals surface area contributed by atoms with Gasteiger partial charge in [-0.15, -0.1) is 0 Å². The second kappa shape index (κ2) is 4.61. The van der Waals surface area contributed by atoms with Crippen molar-refractivity contribution in [1.29, 1.82) is 0 Å². The third-order valence-electron chi connectivity index (χ3n) is 2.96. The number of fused-ring (bicyclic) bond motifs is 1. The molecule has 3 rings (SSSR count). The molecule has 1 aromatic heterocycles. The highest BCUT2D eigenvalue weighted by atomic mass is 35.5. The zero-order chi connectivity index (χ0) is 14.3. The molecule has 0 amide bonds. The van der Waals surface area contributed by atoms with Crippen LogP contribution in [-0.2, 0) is 0 Å². The summed E-state index contributed by atoms with van der Waals surface area (Å²) in [5.41, 5.74) is 2.49. The van der Waals surface area contributed by atoms with Crippen LogP contribution in [0.25, 0.3) is 22.6 Å². The Bertz CT molecular complexity index is 809. The predicted molar refractivity (Wildman–Crippen MR) is 75.8 cm³/mol. The molecule has 0 atom stereocenters. The molecule has 0 fully saturated rings. The molecule has 3 aromatic rings. The van der Waals surface area contributed by atoms with Crippen molar-refractivity contribution in [2.75, 3.05) is 0 Å². The van der Waals surface area contributed by atoms with Gasteiger partial charge in [-0.3, -0.25) is 10.1 Å². The van der Waals surface area contributed by atoms with Crippen molar-refractivity contribution < 1.29 is 9.34 Å². The van der Waals surface area contributed by atoms with Crippen LogP contribution in [0, 0.1) is 17.0 Å². The van der Waals surface area contributed by atoms with Crippen LogP contribution in [0.3, 0.4) is 0 Å². The number of benzene rings is 2. The Morgan fingerprint density at radius 3 is 2.60 bits per heavy atom. The van der Waals surface area contributed by atoms with Gasteiger partial charge in [0.05, 0.1) is 4.92 Å². The number of nitro groups is 1. The summed E-state index contributed by atoms with van der Waals surface area (Å²) in [6.45, 7) is 1.76. The van der Waals surface area contributed by atoms with Crippen molar-refractivity contribution in [3.8, 4) is 11.5 Å². The minimum atomic E-state index is -0.441. The summed E-state index contributed by atoms with van der Waals surface area (Å²) < 4.78 is 5.68. The zero-order valence-corrected chi connectivity index (χ0v) is 11.2. The summed E-state index contributed by atoms with van der Waals surface area (Å²) in [6, 6.07) is 9.93. The summed E-state index contributed by atoms with van der Waals surface area (Å²) in [5, 5.41) is 11.5. The molecule has 0 unspecified atom stereocenters. The highest BCUT2D eigenvalue weighted by molar-refractivity contribution is 6.30. The van der Waals surface area contributed by atoms with Gasteiger partial charge < -0.3 is 4.42 Å². The molecule has 1 heterocycles. The lowest BCUT2D eigenvalue weighted by atomic mass is 10.2. The maximum absolute atomic E-state index is 10.8. The molecular weight excluding hydrogens is 280 g/mol. The molecule has 0 spiro atoms. The number of rotatable bonds is 2. The van der Waals surface area contributed by atoms with Crippen LogP contribution < -0.4 is 0 Å². The van der Waals surface area contributed by atoms with Crippen molar-refractivity contribution in [1.82, 2.24) is 4.98 Å². The Balaban J connectivity index is 2.17. The number of hydrogen-bond acceptors (Lipinski definition) is 4. The maximum Gasteiger partial charge on any atom is 0.272 e. The topological polar surface area (TPSA) is 69.2 Å². The number of aromatic nitrogens is 1. The number of nitro benzene ring substituents is 1. The second-order valence-corrected chi connectivity index (χ2v) is 4.83. The highest BCUT2D eigenvalue weighted by Gasteiger charge is 2.15. The van der Waals surface area contributed by atoms with E-state index in [1.54, 1.807) is 31.2 Å². The molecule has 0 saturated heterocycles. The summed E-state index contributed by atoms with van der Waals surface area (Å²) in [7, 11) is 0. The van der Waals surface area contributed by atoms with Gasteiger partial charge in [0.15, 0.2) is 5.58 Å². The van der Waals surface area contributed by atoms with Crippen LogP contribution in [-0.4, -0.2) is 9.91 Å². The largest absolute Gasteiger partial charge is 0.436 e. The number of hydrogen-bond donors (Lipinski definition) is 0. The molecule has 20 heavy (non-hydrogen) atoms. The molecule has 100 valence electrons. The van der Waals surface area contributed by atoms with Crippen LogP contribution >= 0.6 is 11.6 Å². The Labute approximate surface area is 119 Å². The minimum Gasteiger partial charge on any atom is -0.436 e. The monoisotopic (exact) mass is 288 g/mol. The Morgan fingerprint density at radius 2 is 1.95 bits per heavy atom. The van der Waals surface area contributed by atoms with Crippen molar-refractivity contribution in [2.24, 2.45) is 0 Å². The number of oxazole rings is 1. The van der Waals surface area contributed by atoms with Gasteiger partial charge in [0.25, 0.3) is 5.69 Å². The van der Waals surface area contributed by atoms with E-state index in [1.807, 2.05) is 0 Å². The summed E-state index contributed by atoms with van der Waals surface area (Å²) in [4.78, 5) is 14.7. The first-order valence-electron chi connectivity index (χ1n) is 5.86. The van der Waals surface area contributed by atoms with Gasteiger partial charge in [0, 0.05) is 28.3 Å². The summed E-state index contributed by atoms with van der Waals surface area (Å²) in [5.74, 6) is 0.417. The summed E-state index contributed by atoms with van der Waals surface area (Å²) in [6.07, 6.45) is 0. The molecule has 0 N–H and O–H groups in total. The molecule has 2 aromatic carbocycles. The summed E-state index contributed by atoms with van der Waals surface area (Å²) >= 11 is 5.83. The molecule has 0 aliphatic rings. The number of halogens is 1. The van der Waals surface area contributed by atoms with E-state index in [0.717, 1.165) is 5.56 Å². The van der Waals surface area contributed by atoms with Crippen LogP contribution in [0.15, 0.2) is 40.8 Å². The van der Waals surface area contributed by atoms with E-state index in [4.69, 9.17) is 16.0 Å². The lowest BCUT2D eigenvalue weighted by Crippen LogP contribution is -1.88. The van der Waals surface area contributed by atoms with E-state index in [2.05, 4.69) is 4.98 Å². The number of non-ortho nitro benzene ring substituents is 1. The number of aryl methyl sites for hydroxylation is 1. The zero-order valence-electron chi connectivity index (χ0n) is 10.5. The lowest BCUT2D eigenvalue weighted by Gasteiger charge is -1.95. The average Bonchev–Trinajstić information content (AvgIpc) is 2.84. The molecule has 0 aliphatic heterocycles. The average molecular weight is 289 g/mol. The van der Waals surface area contributed by atoms with Crippen molar-refractivity contribution in [2.45, 2.75) is 6.92 Å². The van der Waals surface area contributed by atoms with E-state index in [9.17, 15) is 10.1 Å². The third kappa shape index (κ3) is 2.12.